The van der Waals surface area contributed by atoms with E-state index >= 15 is 0 Å². The second-order valence-corrected chi connectivity index (χ2v) is 17.4. The number of urea groups is 1. The molecule has 17 heteroatoms. The van der Waals surface area contributed by atoms with Crippen molar-refractivity contribution in [2.45, 2.75) is 57.0 Å². The van der Waals surface area contributed by atoms with Crippen molar-refractivity contribution in [3.05, 3.63) is 90.3 Å². The minimum absolute atomic E-state index is 0.0675. The van der Waals surface area contributed by atoms with Gasteiger partial charge in [-0.15, -0.1) is 0 Å². The summed E-state index contributed by atoms with van der Waals surface area (Å²) in [5.41, 5.74) is 10.2. The number of benzene rings is 3. The molecule has 5 aliphatic heterocycles. The first-order chi connectivity index (χ1) is 31.2. The smallest absolute Gasteiger partial charge is 0.320 e. The zero-order valence-corrected chi connectivity index (χ0v) is 35.6. The molecule has 7 heterocycles. The molecule has 5 aromatic rings. The van der Waals surface area contributed by atoms with Gasteiger partial charge in [0.25, 0.3) is 11.8 Å². The Morgan fingerprint density at radius 2 is 1.53 bits per heavy atom. The number of amides is 6. The molecule has 64 heavy (non-hydrogen) atoms. The number of nitrogens with one attached hydrogen (secondary N) is 1. The predicted molar refractivity (Wildman–Crippen MR) is 238 cm³/mol. The maximum Gasteiger partial charge on any atom is 0.320 e. The predicted octanol–water partition coefficient (Wildman–Crippen LogP) is 4.95. The molecule has 5 aliphatic rings. The van der Waals surface area contributed by atoms with Gasteiger partial charge in [-0.2, -0.15) is 5.10 Å². The molecular formula is C47H51N11O6. The van der Waals surface area contributed by atoms with Crippen LogP contribution in [0.25, 0.3) is 22.3 Å². The molecule has 3 N–H and O–H groups in total. The number of piperidine rings is 3. The lowest BCUT2D eigenvalue weighted by atomic mass is 9.92. The summed E-state index contributed by atoms with van der Waals surface area (Å²) < 4.78 is 7.95. The summed E-state index contributed by atoms with van der Waals surface area (Å²) in [7, 11) is 0. The highest BCUT2D eigenvalue weighted by Gasteiger charge is 2.45. The Hall–Kier alpha value is -6.88. The lowest BCUT2D eigenvalue weighted by Gasteiger charge is -2.40. The Kier molecular flexibility index (Phi) is 11.2. The van der Waals surface area contributed by atoms with Crippen molar-refractivity contribution in [3.63, 3.8) is 0 Å². The fourth-order valence-corrected chi connectivity index (χ4v) is 9.95. The summed E-state index contributed by atoms with van der Waals surface area (Å²) in [5.74, 6) is 0.412. The standard InChI is InChI=1S/C47H51N11O6/c48-42-40-41(31-8-11-35(12-9-31)64-34-6-2-1-3-7-34)52-58(43(40)50-29-49-42)33-5-4-19-56(28-33)47(63)55-25-23-53(24-26-55)20-16-30-17-21-54(22-18-30)32-10-13-36-37(27-32)46(62)57(45(36)61)38-14-15-39(59)51-44(38)60/h1-3,6-13,27,29-30,33,38H,4-5,14-26,28H2,(H2,48,49,50)(H,51,59,60). The normalized spacial score (nSPS) is 21.1. The van der Waals surface area contributed by atoms with Crippen LogP contribution in [0.15, 0.2) is 79.1 Å². The van der Waals surface area contributed by atoms with Crippen molar-refractivity contribution < 1.29 is 28.7 Å². The van der Waals surface area contributed by atoms with Crippen molar-refractivity contribution >= 4 is 52.2 Å². The molecule has 0 radical (unpaired) electrons. The Balaban J connectivity index is 0.705. The Labute approximate surface area is 370 Å². The molecule has 4 fully saturated rings. The maximum absolute atomic E-state index is 14.0. The van der Waals surface area contributed by atoms with E-state index in [-0.39, 0.29) is 24.9 Å². The molecule has 0 spiro atoms. The number of likely N-dealkylation sites (tertiary alicyclic amines) is 1. The topological polar surface area (TPSA) is 192 Å². The maximum atomic E-state index is 14.0. The minimum atomic E-state index is -0.977. The zero-order valence-electron chi connectivity index (χ0n) is 35.6. The number of imide groups is 2. The number of nitrogen functional groups attached to an aromatic ring is 1. The van der Waals surface area contributed by atoms with Crippen LogP contribution >= 0.6 is 0 Å². The van der Waals surface area contributed by atoms with E-state index in [0.29, 0.717) is 71.5 Å². The molecule has 2 atom stereocenters. The van der Waals surface area contributed by atoms with E-state index in [1.807, 2.05) is 75.1 Å². The fourth-order valence-electron chi connectivity index (χ4n) is 9.95. The summed E-state index contributed by atoms with van der Waals surface area (Å²) in [4.78, 5) is 83.3. The molecule has 17 nitrogen and oxygen atoms in total. The van der Waals surface area contributed by atoms with Crippen LogP contribution in [0.1, 0.15) is 71.7 Å². The highest BCUT2D eigenvalue weighted by molar-refractivity contribution is 6.23. The monoisotopic (exact) mass is 865 g/mol. The van der Waals surface area contributed by atoms with E-state index in [2.05, 4.69) is 25.1 Å². The van der Waals surface area contributed by atoms with Gasteiger partial charge in [0.1, 0.15) is 35.4 Å². The lowest BCUT2D eigenvalue weighted by Crippen LogP contribution is -2.54. The summed E-state index contributed by atoms with van der Waals surface area (Å²) in [5, 5.41) is 8.02. The van der Waals surface area contributed by atoms with E-state index in [0.717, 1.165) is 86.7 Å². The Morgan fingerprint density at radius 3 is 2.30 bits per heavy atom. The second kappa shape index (κ2) is 17.4. The fraction of sp³-hybridized carbons (Fsp3) is 0.404. The average molecular weight is 866 g/mol. The van der Waals surface area contributed by atoms with Crippen LogP contribution in [-0.4, -0.2) is 134 Å². The molecular weight excluding hydrogens is 815 g/mol. The number of hydrogen-bond acceptors (Lipinski definition) is 12. The largest absolute Gasteiger partial charge is 0.457 e. The Bertz CT molecular complexity index is 2600. The van der Waals surface area contributed by atoms with E-state index in [4.69, 9.17) is 15.6 Å². The first kappa shape index (κ1) is 41.1. The van der Waals surface area contributed by atoms with Gasteiger partial charge in [-0.1, -0.05) is 18.2 Å². The number of carbonyl (C=O) groups is 5. The van der Waals surface area contributed by atoms with Crippen LogP contribution in [0, 0.1) is 5.92 Å². The van der Waals surface area contributed by atoms with Gasteiger partial charge >= 0.3 is 6.03 Å². The highest BCUT2D eigenvalue weighted by Crippen LogP contribution is 2.36. The van der Waals surface area contributed by atoms with E-state index in [9.17, 15) is 24.0 Å². The lowest BCUT2D eigenvalue weighted by molar-refractivity contribution is -0.136. The van der Waals surface area contributed by atoms with Crippen LogP contribution < -0.4 is 20.7 Å². The molecule has 0 bridgehead atoms. The van der Waals surface area contributed by atoms with Gasteiger partial charge in [-0.25, -0.2) is 19.4 Å². The summed E-state index contributed by atoms with van der Waals surface area (Å²) in [6, 6.07) is 21.8. The average Bonchev–Trinajstić information content (AvgIpc) is 3.84. The molecule has 3 aromatic carbocycles. The van der Waals surface area contributed by atoms with Crippen molar-refractivity contribution in [2.24, 2.45) is 5.92 Å². The van der Waals surface area contributed by atoms with E-state index < -0.39 is 29.7 Å². The number of aromatic nitrogens is 4. The van der Waals surface area contributed by atoms with Crippen molar-refractivity contribution in [1.29, 1.82) is 0 Å². The number of rotatable bonds is 9. The number of carbonyl (C=O) groups excluding carboxylic acids is 5. The van der Waals surface area contributed by atoms with Crippen LogP contribution in [0.5, 0.6) is 11.5 Å². The molecule has 330 valence electrons. The number of nitrogens with two attached hydrogens (primary N) is 1. The number of hydrogen-bond donors (Lipinski definition) is 2. The number of piperazine rings is 1. The van der Waals surface area contributed by atoms with Gasteiger partial charge in [0, 0.05) is 70.0 Å². The minimum Gasteiger partial charge on any atom is -0.457 e. The third-order valence-corrected chi connectivity index (χ3v) is 13.5. The van der Waals surface area contributed by atoms with Crippen LogP contribution in [0.3, 0.4) is 0 Å². The summed E-state index contributed by atoms with van der Waals surface area (Å²) >= 11 is 0. The summed E-state index contributed by atoms with van der Waals surface area (Å²) in [6.45, 7) is 6.92. The van der Waals surface area contributed by atoms with Crippen molar-refractivity contribution in [3.8, 4) is 22.8 Å². The third kappa shape index (κ3) is 7.99. The molecule has 0 aliphatic carbocycles. The van der Waals surface area contributed by atoms with Gasteiger partial charge in [-0.3, -0.25) is 34.3 Å². The number of anilines is 2. The molecule has 10 rings (SSSR count). The number of nitrogens with zero attached hydrogens (tertiary/aromatic N) is 9. The molecule has 6 amide bonds. The van der Waals surface area contributed by atoms with Crippen molar-refractivity contribution in [2.75, 3.05) is 69.5 Å². The van der Waals surface area contributed by atoms with Crippen LogP contribution in [0.4, 0.5) is 16.3 Å². The zero-order chi connectivity index (χ0) is 43.9. The van der Waals surface area contributed by atoms with E-state index in [1.54, 1.807) is 12.1 Å². The highest BCUT2D eigenvalue weighted by atomic mass is 16.5. The first-order valence-corrected chi connectivity index (χ1v) is 22.4. The van der Waals surface area contributed by atoms with Crippen molar-refractivity contribution in [1.82, 2.24) is 44.7 Å². The Morgan fingerprint density at radius 1 is 0.781 bits per heavy atom. The van der Waals surface area contributed by atoms with Gasteiger partial charge in [0.2, 0.25) is 11.8 Å². The molecule has 2 aromatic heterocycles. The third-order valence-electron chi connectivity index (χ3n) is 13.5. The molecule has 4 saturated heterocycles. The SMILES string of the molecule is Nc1ncnc2c1c(-c1ccc(Oc3ccccc3)cc1)nn2C1CCCN(C(=O)N2CCN(CCC3CCN(c4ccc5c(c4)C(=O)N(C4CCC(=O)NC4=O)C5=O)CC3)CC2)C1. The van der Waals surface area contributed by atoms with Gasteiger partial charge < -0.3 is 25.2 Å². The number of ether oxygens (including phenoxy) is 1. The van der Waals surface area contributed by atoms with Crippen LogP contribution in [0.2, 0.25) is 0 Å². The van der Waals surface area contributed by atoms with Gasteiger partial charge in [0.15, 0.2) is 5.65 Å². The van der Waals surface area contributed by atoms with E-state index in [1.165, 1.54) is 6.33 Å². The van der Waals surface area contributed by atoms with Gasteiger partial charge in [-0.05, 0) is 106 Å². The van der Waals surface area contributed by atoms with Crippen LogP contribution in [-0.2, 0) is 9.59 Å². The summed E-state index contributed by atoms with van der Waals surface area (Å²) in [6.07, 6.45) is 6.51. The van der Waals surface area contributed by atoms with Gasteiger partial charge in [0.05, 0.1) is 22.6 Å². The molecule has 0 saturated carbocycles. The number of para-hydroxylation sites is 1. The first-order valence-electron chi connectivity index (χ1n) is 22.4. The second-order valence-electron chi connectivity index (χ2n) is 17.4. The quantitative estimate of drug-likeness (QED) is 0.190. The molecule has 2 unspecified atom stereocenters. The number of fused-ring (bicyclic) bond motifs is 2.